The van der Waals surface area contributed by atoms with Gasteiger partial charge in [-0.25, -0.2) is 8.78 Å². The van der Waals surface area contributed by atoms with Crippen molar-refractivity contribution in [2.75, 3.05) is 19.5 Å². The van der Waals surface area contributed by atoms with Crippen molar-refractivity contribution < 1.29 is 18.3 Å². The second-order valence-electron chi connectivity index (χ2n) is 4.57. The van der Waals surface area contributed by atoms with E-state index >= 15 is 0 Å². The lowest BCUT2D eigenvalue weighted by molar-refractivity contribution is 0.404. The molecule has 0 aliphatic heterocycles. The van der Waals surface area contributed by atoms with Crippen molar-refractivity contribution in [2.45, 2.75) is 13.0 Å². The van der Waals surface area contributed by atoms with E-state index in [1.54, 1.807) is 32.2 Å². The Kier molecular flexibility index (Phi) is 4.62. The van der Waals surface area contributed by atoms with E-state index in [-0.39, 0.29) is 5.56 Å². The first-order valence-corrected chi connectivity index (χ1v) is 6.49. The van der Waals surface area contributed by atoms with E-state index in [4.69, 9.17) is 9.47 Å². The van der Waals surface area contributed by atoms with Gasteiger partial charge in [0.05, 0.1) is 25.9 Å². The van der Waals surface area contributed by atoms with Crippen LogP contribution in [0.3, 0.4) is 0 Å². The van der Waals surface area contributed by atoms with Crippen molar-refractivity contribution in [3.05, 3.63) is 53.6 Å². The van der Waals surface area contributed by atoms with E-state index in [9.17, 15) is 8.78 Å². The van der Waals surface area contributed by atoms with E-state index < -0.39 is 17.7 Å². The van der Waals surface area contributed by atoms with Crippen LogP contribution in [0.4, 0.5) is 14.5 Å². The summed E-state index contributed by atoms with van der Waals surface area (Å²) in [5.74, 6) is 0.0210. The van der Waals surface area contributed by atoms with Gasteiger partial charge in [-0.3, -0.25) is 0 Å². The van der Waals surface area contributed by atoms with Crippen molar-refractivity contribution in [1.29, 1.82) is 0 Å². The topological polar surface area (TPSA) is 30.5 Å². The Balaban J connectivity index is 2.33. The summed E-state index contributed by atoms with van der Waals surface area (Å²) < 4.78 is 38.0. The third kappa shape index (κ3) is 3.24. The first-order valence-electron chi connectivity index (χ1n) is 6.49. The highest BCUT2D eigenvalue weighted by Crippen LogP contribution is 2.32. The fraction of sp³-hybridized carbons (Fsp3) is 0.250. The van der Waals surface area contributed by atoms with Gasteiger partial charge in [0.15, 0.2) is 0 Å². The zero-order chi connectivity index (χ0) is 15.4. The molecule has 1 unspecified atom stereocenters. The van der Waals surface area contributed by atoms with Gasteiger partial charge >= 0.3 is 0 Å². The Morgan fingerprint density at radius 3 is 2.24 bits per heavy atom. The molecule has 2 aromatic rings. The molecule has 0 aliphatic rings. The molecule has 0 aliphatic carbocycles. The Bertz CT molecular complexity index is 611. The fourth-order valence-corrected chi connectivity index (χ4v) is 2.16. The van der Waals surface area contributed by atoms with Gasteiger partial charge in [0.2, 0.25) is 0 Å². The number of anilines is 1. The summed E-state index contributed by atoms with van der Waals surface area (Å²) in [6.45, 7) is 1.68. The minimum Gasteiger partial charge on any atom is -0.497 e. The first kappa shape index (κ1) is 15.1. The smallest absolute Gasteiger partial charge is 0.142 e. The predicted molar refractivity (Wildman–Crippen MR) is 77.9 cm³/mol. The number of nitrogens with one attached hydrogen (secondary N) is 1. The van der Waals surface area contributed by atoms with Crippen LogP contribution < -0.4 is 14.8 Å². The van der Waals surface area contributed by atoms with Crippen molar-refractivity contribution in [1.82, 2.24) is 0 Å². The number of hydrogen-bond acceptors (Lipinski definition) is 3. The minimum atomic E-state index is -0.586. The van der Waals surface area contributed by atoms with Crippen LogP contribution in [0.1, 0.15) is 18.5 Å². The maximum Gasteiger partial charge on any atom is 0.142 e. The highest BCUT2D eigenvalue weighted by molar-refractivity contribution is 5.60. The molecule has 112 valence electrons. The van der Waals surface area contributed by atoms with Crippen LogP contribution in [-0.4, -0.2) is 14.2 Å². The van der Waals surface area contributed by atoms with Crippen LogP contribution in [0.25, 0.3) is 0 Å². The van der Waals surface area contributed by atoms with E-state index in [1.165, 1.54) is 25.3 Å². The standard InChI is InChI=1S/C16H17F2NO2/c1-10(16-12(17)5-4-6-13(16)18)19-14-9-11(20-2)7-8-15(14)21-3/h4-10,19H,1-3H3. The quantitative estimate of drug-likeness (QED) is 0.898. The molecule has 0 amide bonds. The second-order valence-corrected chi connectivity index (χ2v) is 4.57. The SMILES string of the molecule is COc1ccc(OC)c(NC(C)c2c(F)cccc2F)c1. The van der Waals surface area contributed by atoms with Crippen LogP contribution in [0.2, 0.25) is 0 Å². The van der Waals surface area contributed by atoms with Gasteiger partial charge in [0.25, 0.3) is 0 Å². The molecule has 0 radical (unpaired) electrons. The number of methoxy groups -OCH3 is 2. The second kappa shape index (κ2) is 6.43. The maximum absolute atomic E-state index is 13.8. The molecule has 2 aromatic carbocycles. The fourth-order valence-electron chi connectivity index (χ4n) is 2.16. The lowest BCUT2D eigenvalue weighted by Crippen LogP contribution is -2.11. The van der Waals surface area contributed by atoms with Gasteiger partial charge in [-0.2, -0.15) is 0 Å². The third-order valence-electron chi connectivity index (χ3n) is 3.21. The largest absolute Gasteiger partial charge is 0.497 e. The molecule has 0 heterocycles. The molecule has 0 bridgehead atoms. The van der Waals surface area contributed by atoms with Gasteiger partial charge in [-0.15, -0.1) is 0 Å². The average molecular weight is 293 g/mol. The van der Waals surface area contributed by atoms with E-state index in [2.05, 4.69) is 5.32 Å². The van der Waals surface area contributed by atoms with Crippen LogP contribution in [0.15, 0.2) is 36.4 Å². The lowest BCUT2D eigenvalue weighted by atomic mass is 10.1. The van der Waals surface area contributed by atoms with Crippen LogP contribution >= 0.6 is 0 Å². The molecule has 1 N–H and O–H groups in total. The zero-order valence-electron chi connectivity index (χ0n) is 12.1. The number of benzene rings is 2. The predicted octanol–water partition coefficient (Wildman–Crippen LogP) is 4.16. The van der Waals surface area contributed by atoms with E-state index in [0.717, 1.165) is 0 Å². The van der Waals surface area contributed by atoms with Crippen LogP contribution in [0.5, 0.6) is 11.5 Å². The summed E-state index contributed by atoms with van der Waals surface area (Å²) in [5.41, 5.74) is 0.592. The maximum atomic E-state index is 13.8. The molecule has 3 nitrogen and oxygen atoms in total. The molecule has 0 saturated carbocycles. The Morgan fingerprint density at radius 1 is 1.00 bits per heavy atom. The number of rotatable bonds is 5. The molecule has 5 heteroatoms. The molecular formula is C16H17F2NO2. The highest BCUT2D eigenvalue weighted by Gasteiger charge is 2.17. The Labute approximate surface area is 122 Å². The van der Waals surface area contributed by atoms with Gasteiger partial charge in [0.1, 0.15) is 23.1 Å². The van der Waals surface area contributed by atoms with E-state index in [1.807, 2.05) is 0 Å². The van der Waals surface area contributed by atoms with Crippen molar-refractivity contribution in [3.63, 3.8) is 0 Å². The third-order valence-corrected chi connectivity index (χ3v) is 3.21. The lowest BCUT2D eigenvalue weighted by Gasteiger charge is -2.19. The molecule has 0 saturated heterocycles. The monoisotopic (exact) mass is 293 g/mol. The first-order chi connectivity index (χ1) is 10.1. The number of ether oxygens (including phenoxy) is 2. The normalized spacial score (nSPS) is 11.9. The molecular weight excluding hydrogens is 276 g/mol. The van der Waals surface area contributed by atoms with Gasteiger partial charge in [-0.1, -0.05) is 6.07 Å². The molecule has 0 fully saturated rings. The van der Waals surface area contributed by atoms with Crippen LogP contribution in [0, 0.1) is 11.6 Å². The molecule has 1 atom stereocenters. The summed E-state index contributed by atoms with van der Waals surface area (Å²) >= 11 is 0. The summed E-state index contributed by atoms with van der Waals surface area (Å²) in [6.07, 6.45) is 0. The average Bonchev–Trinajstić information content (AvgIpc) is 2.47. The summed E-state index contributed by atoms with van der Waals surface area (Å²) in [5, 5.41) is 3.05. The summed E-state index contributed by atoms with van der Waals surface area (Å²) in [6, 6.07) is 8.44. The minimum absolute atomic E-state index is 0.0117. The van der Waals surface area contributed by atoms with Gasteiger partial charge in [0, 0.05) is 11.6 Å². The summed E-state index contributed by atoms with van der Waals surface area (Å²) in [7, 11) is 3.08. The Hall–Kier alpha value is -2.30. The van der Waals surface area contributed by atoms with Gasteiger partial charge < -0.3 is 14.8 Å². The molecule has 0 aromatic heterocycles. The van der Waals surface area contributed by atoms with Gasteiger partial charge in [-0.05, 0) is 31.2 Å². The Morgan fingerprint density at radius 2 is 1.67 bits per heavy atom. The van der Waals surface area contributed by atoms with Crippen LogP contribution in [-0.2, 0) is 0 Å². The molecule has 2 rings (SSSR count). The van der Waals surface area contributed by atoms with E-state index in [0.29, 0.717) is 17.2 Å². The number of hydrogen-bond donors (Lipinski definition) is 1. The molecule has 21 heavy (non-hydrogen) atoms. The zero-order valence-corrected chi connectivity index (χ0v) is 12.1. The van der Waals surface area contributed by atoms with Crippen molar-refractivity contribution >= 4 is 5.69 Å². The summed E-state index contributed by atoms with van der Waals surface area (Å²) in [4.78, 5) is 0. The number of halogens is 2. The van der Waals surface area contributed by atoms with Crippen molar-refractivity contribution in [3.8, 4) is 11.5 Å². The highest BCUT2D eigenvalue weighted by atomic mass is 19.1. The van der Waals surface area contributed by atoms with Crippen molar-refractivity contribution in [2.24, 2.45) is 0 Å². The molecule has 0 spiro atoms.